The van der Waals surface area contributed by atoms with E-state index in [0.29, 0.717) is 0 Å². The van der Waals surface area contributed by atoms with Crippen LogP contribution in [0.1, 0.15) is 34.1 Å². The van der Waals surface area contributed by atoms with Crippen LogP contribution in [0.15, 0.2) is 23.4 Å². The normalized spacial score (nSPS) is 13.5. The zero-order chi connectivity index (χ0) is 8.69. The molecule has 0 saturated heterocycles. The third kappa shape index (κ3) is 5.71. The molecule has 0 spiro atoms. The molecule has 64 valence electrons. The highest BCUT2D eigenvalue weighted by Crippen LogP contribution is 1.99. The van der Waals surface area contributed by atoms with Crippen molar-refractivity contribution in [2.45, 2.75) is 34.1 Å². The van der Waals surface area contributed by atoms with Gasteiger partial charge in [-0.1, -0.05) is 18.6 Å². The molecule has 0 aromatic rings. The maximum Gasteiger partial charge on any atom is 0.0115 e. The summed E-state index contributed by atoms with van der Waals surface area (Å²) in [6, 6.07) is 0. The quantitative estimate of drug-likeness (QED) is 0.612. The molecular weight excluding hydrogens is 134 g/mol. The first-order valence-electron chi connectivity index (χ1n) is 4.29. The van der Waals surface area contributed by atoms with Crippen LogP contribution < -0.4 is 5.32 Å². The third-order valence-corrected chi connectivity index (χ3v) is 1.43. The lowest BCUT2D eigenvalue weighted by atomic mass is 10.2. The Morgan fingerprint density at radius 2 is 1.91 bits per heavy atom. The van der Waals surface area contributed by atoms with Crippen LogP contribution in [0.3, 0.4) is 0 Å². The van der Waals surface area contributed by atoms with E-state index >= 15 is 0 Å². The molecule has 0 aromatic heterocycles. The minimum atomic E-state index is 1.00. The number of nitrogens with one attached hydrogen (secondary N) is 1. The fourth-order valence-electron chi connectivity index (χ4n) is 1.05. The highest BCUT2D eigenvalue weighted by molar-refractivity contribution is 5.19. The second-order valence-electron chi connectivity index (χ2n) is 2.71. The first-order valence-corrected chi connectivity index (χ1v) is 4.29. The average molecular weight is 153 g/mol. The lowest BCUT2D eigenvalue weighted by molar-refractivity contribution is 0.852. The van der Waals surface area contributed by atoms with Gasteiger partial charge in [-0.2, -0.15) is 0 Å². The molecule has 0 unspecified atom stereocenters. The smallest absolute Gasteiger partial charge is 0.0115 e. The highest BCUT2D eigenvalue weighted by atomic mass is 14.9. The van der Waals surface area contributed by atoms with Gasteiger partial charge in [-0.3, -0.25) is 0 Å². The molecule has 1 heteroatoms. The zero-order valence-corrected chi connectivity index (χ0v) is 8.07. The van der Waals surface area contributed by atoms with Gasteiger partial charge in [0, 0.05) is 12.2 Å². The molecular formula is C10H19N. The van der Waals surface area contributed by atoms with Crippen molar-refractivity contribution in [3.05, 3.63) is 23.4 Å². The number of hydrogen-bond donors (Lipinski definition) is 1. The van der Waals surface area contributed by atoms with Crippen molar-refractivity contribution in [1.82, 2.24) is 5.32 Å². The average Bonchev–Trinajstić information content (AvgIpc) is 1.87. The van der Waals surface area contributed by atoms with E-state index in [1.165, 1.54) is 11.3 Å². The predicted molar refractivity (Wildman–Crippen MR) is 51.5 cm³/mol. The molecule has 1 N–H and O–H groups in total. The second kappa shape index (κ2) is 6.02. The SMILES string of the molecule is CC/C=C(C)\C=C(\C)NCC. The molecule has 0 rings (SSSR count). The van der Waals surface area contributed by atoms with E-state index in [1.54, 1.807) is 0 Å². The van der Waals surface area contributed by atoms with Crippen molar-refractivity contribution in [2.75, 3.05) is 6.54 Å². The van der Waals surface area contributed by atoms with E-state index in [2.05, 4.69) is 45.2 Å². The molecule has 0 radical (unpaired) electrons. The van der Waals surface area contributed by atoms with E-state index in [-0.39, 0.29) is 0 Å². The standard InChI is InChI=1S/C10H19N/c1-5-7-9(3)8-10(4)11-6-2/h7-8,11H,5-6H2,1-4H3/b9-7-,10-8-. The van der Waals surface area contributed by atoms with Crippen LogP contribution in [0.5, 0.6) is 0 Å². The fourth-order valence-corrected chi connectivity index (χ4v) is 1.05. The third-order valence-electron chi connectivity index (χ3n) is 1.43. The van der Waals surface area contributed by atoms with Gasteiger partial charge in [-0.05, 0) is 33.3 Å². The Labute approximate surface area is 70.2 Å². The number of hydrogen-bond acceptors (Lipinski definition) is 1. The Kier molecular flexibility index (Phi) is 5.63. The number of rotatable bonds is 4. The number of allylic oxidation sites excluding steroid dienone is 4. The van der Waals surface area contributed by atoms with E-state index in [4.69, 9.17) is 0 Å². The van der Waals surface area contributed by atoms with Gasteiger partial charge >= 0.3 is 0 Å². The minimum Gasteiger partial charge on any atom is -0.389 e. The Morgan fingerprint density at radius 3 is 2.36 bits per heavy atom. The van der Waals surface area contributed by atoms with Crippen LogP contribution in [0.4, 0.5) is 0 Å². The molecule has 0 atom stereocenters. The van der Waals surface area contributed by atoms with Gasteiger partial charge in [-0.25, -0.2) is 0 Å². The fraction of sp³-hybridized carbons (Fsp3) is 0.600. The summed E-state index contributed by atoms with van der Waals surface area (Å²) in [5.41, 5.74) is 2.58. The Bertz CT molecular complexity index is 154. The van der Waals surface area contributed by atoms with Crippen molar-refractivity contribution in [3.8, 4) is 0 Å². The van der Waals surface area contributed by atoms with Gasteiger partial charge in [0.05, 0.1) is 0 Å². The zero-order valence-electron chi connectivity index (χ0n) is 8.07. The van der Waals surface area contributed by atoms with Crippen molar-refractivity contribution in [2.24, 2.45) is 0 Å². The summed E-state index contributed by atoms with van der Waals surface area (Å²) in [6.07, 6.45) is 5.51. The van der Waals surface area contributed by atoms with Gasteiger partial charge < -0.3 is 5.32 Å². The summed E-state index contributed by atoms with van der Waals surface area (Å²) in [6.45, 7) is 9.48. The monoisotopic (exact) mass is 153 g/mol. The molecule has 0 amide bonds. The molecule has 1 nitrogen and oxygen atoms in total. The predicted octanol–water partition coefficient (Wildman–Crippen LogP) is 2.86. The van der Waals surface area contributed by atoms with Crippen LogP contribution in [0.2, 0.25) is 0 Å². The van der Waals surface area contributed by atoms with Crippen LogP contribution in [0.25, 0.3) is 0 Å². The molecule has 0 fully saturated rings. The first-order chi connectivity index (χ1) is 5.20. The molecule has 11 heavy (non-hydrogen) atoms. The first kappa shape index (κ1) is 10.3. The van der Waals surface area contributed by atoms with Crippen molar-refractivity contribution >= 4 is 0 Å². The van der Waals surface area contributed by atoms with Crippen LogP contribution in [0, 0.1) is 0 Å². The topological polar surface area (TPSA) is 12.0 Å². The summed E-state index contributed by atoms with van der Waals surface area (Å²) < 4.78 is 0. The largest absolute Gasteiger partial charge is 0.389 e. The summed E-state index contributed by atoms with van der Waals surface area (Å²) in [5.74, 6) is 0. The lowest BCUT2D eigenvalue weighted by Gasteiger charge is -2.01. The highest BCUT2D eigenvalue weighted by Gasteiger charge is 1.85. The molecule has 0 aromatic carbocycles. The van der Waals surface area contributed by atoms with Crippen LogP contribution in [-0.4, -0.2) is 6.54 Å². The maximum atomic E-state index is 3.26. The molecule has 0 aliphatic heterocycles. The van der Waals surface area contributed by atoms with E-state index < -0.39 is 0 Å². The molecule has 0 saturated carbocycles. The summed E-state index contributed by atoms with van der Waals surface area (Å²) >= 11 is 0. The van der Waals surface area contributed by atoms with E-state index in [1.807, 2.05) is 0 Å². The van der Waals surface area contributed by atoms with Crippen molar-refractivity contribution in [3.63, 3.8) is 0 Å². The Morgan fingerprint density at radius 1 is 1.27 bits per heavy atom. The van der Waals surface area contributed by atoms with Crippen molar-refractivity contribution in [1.29, 1.82) is 0 Å². The van der Waals surface area contributed by atoms with E-state index in [0.717, 1.165) is 13.0 Å². The summed E-state index contributed by atoms with van der Waals surface area (Å²) in [7, 11) is 0. The Hall–Kier alpha value is -0.720. The van der Waals surface area contributed by atoms with E-state index in [9.17, 15) is 0 Å². The molecule has 0 bridgehead atoms. The molecule has 0 heterocycles. The maximum absolute atomic E-state index is 3.26. The Balaban J connectivity index is 3.96. The van der Waals surface area contributed by atoms with Gasteiger partial charge in [0.1, 0.15) is 0 Å². The van der Waals surface area contributed by atoms with Gasteiger partial charge in [0.25, 0.3) is 0 Å². The van der Waals surface area contributed by atoms with Crippen molar-refractivity contribution < 1.29 is 0 Å². The molecule has 0 aliphatic rings. The summed E-state index contributed by atoms with van der Waals surface area (Å²) in [5, 5.41) is 3.26. The molecule has 0 aliphatic carbocycles. The van der Waals surface area contributed by atoms with Gasteiger partial charge in [0.2, 0.25) is 0 Å². The van der Waals surface area contributed by atoms with Crippen LogP contribution in [-0.2, 0) is 0 Å². The van der Waals surface area contributed by atoms with Gasteiger partial charge in [-0.15, -0.1) is 0 Å². The minimum absolute atomic E-state index is 1.00. The van der Waals surface area contributed by atoms with Gasteiger partial charge in [0.15, 0.2) is 0 Å². The lowest BCUT2D eigenvalue weighted by Crippen LogP contribution is -2.08. The second-order valence-corrected chi connectivity index (χ2v) is 2.71. The van der Waals surface area contributed by atoms with Crippen LogP contribution >= 0.6 is 0 Å². The summed E-state index contributed by atoms with van der Waals surface area (Å²) in [4.78, 5) is 0.